The molecule has 0 fully saturated rings. The van der Waals surface area contributed by atoms with Crippen LogP contribution in [0, 0.1) is 0 Å². The van der Waals surface area contributed by atoms with Gasteiger partial charge in [0, 0.05) is 6.42 Å². The standard InChI is InChI=1S/C9H10O5/c10-6-3-5(1-2-8(12)13)4-7(11)9(6)14/h3-4,10-11,14H,1-2H2,(H,12,13). The van der Waals surface area contributed by atoms with Crippen molar-refractivity contribution in [2.24, 2.45) is 0 Å². The van der Waals surface area contributed by atoms with E-state index >= 15 is 0 Å². The van der Waals surface area contributed by atoms with Crippen molar-refractivity contribution in [2.45, 2.75) is 12.8 Å². The zero-order chi connectivity index (χ0) is 10.7. The number of hydrogen-bond donors (Lipinski definition) is 4. The maximum Gasteiger partial charge on any atom is 0.303 e. The Bertz CT molecular complexity index is 335. The number of phenols is 3. The molecule has 76 valence electrons. The number of hydrogen-bond acceptors (Lipinski definition) is 4. The molecule has 5 heteroatoms. The van der Waals surface area contributed by atoms with Gasteiger partial charge in [-0.05, 0) is 24.1 Å². The smallest absolute Gasteiger partial charge is 0.303 e. The third kappa shape index (κ3) is 2.29. The first kappa shape index (κ1) is 10.2. The predicted octanol–water partition coefficient (Wildman–Crippen LogP) is 0.821. The van der Waals surface area contributed by atoms with Crippen LogP contribution in [0.15, 0.2) is 12.1 Å². The van der Waals surface area contributed by atoms with Crippen molar-refractivity contribution in [3.05, 3.63) is 17.7 Å². The number of aliphatic carboxylic acids is 1. The van der Waals surface area contributed by atoms with Crippen LogP contribution in [0.25, 0.3) is 0 Å². The molecule has 0 saturated carbocycles. The minimum Gasteiger partial charge on any atom is -0.504 e. The number of benzene rings is 1. The van der Waals surface area contributed by atoms with E-state index in [4.69, 9.17) is 20.4 Å². The van der Waals surface area contributed by atoms with Gasteiger partial charge in [-0.3, -0.25) is 4.79 Å². The second-order valence-corrected chi connectivity index (χ2v) is 2.88. The zero-order valence-electron chi connectivity index (χ0n) is 7.27. The molecule has 0 aliphatic carbocycles. The number of carbonyl (C=O) groups is 1. The summed E-state index contributed by atoms with van der Waals surface area (Å²) < 4.78 is 0. The maximum absolute atomic E-state index is 10.2. The summed E-state index contributed by atoms with van der Waals surface area (Å²) in [6, 6.07) is 2.44. The van der Waals surface area contributed by atoms with Crippen LogP contribution in [0.1, 0.15) is 12.0 Å². The van der Waals surface area contributed by atoms with Crippen LogP contribution in [0.3, 0.4) is 0 Å². The Hall–Kier alpha value is -1.91. The summed E-state index contributed by atoms with van der Waals surface area (Å²) in [6.45, 7) is 0. The molecule has 0 aromatic heterocycles. The van der Waals surface area contributed by atoms with Gasteiger partial charge in [0.15, 0.2) is 17.2 Å². The lowest BCUT2D eigenvalue weighted by Crippen LogP contribution is -1.97. The zero-order valence-corrected chi connectivity index (χ0v) is 7.27. The molecular weight excluding hydrogens is 188 g/mol. The van der Waals surface area contributed by atoms with Crippen molar-refractivity contribution >= 4 is 5.97 Å². The van der Waals surface area contributed by atoms with Crippen molar-refractivity contribution in [3.8, 4) is 17.2 Å². The molecule has 0 spiro atoms. The normalized spacial score (nSPS) is 10.0. The van der Waals surface area contributed by atoms with Gasteiger partial charge in [0.05, 0.1) is 0 Å². The van der Waals surface area contributed by atoms with Gasteiger partial charge in [0.2, 0.25) is 0 Å². The molecule has 0 aliphatic rings. The molecular formula is C9H10O5. The molecule has 0 heterocycles. The first-order valence-corrected chi connectivity index (χ1v) is 3.96. The Morgan fingerprint density at radius 1 is 1.14 bits per heavy atom. The molecule has 0 atom stereocenters. The highest BCUT2D eigenvalue weighted by Crippen LogP contribution is 2.35. The van der Waals surface area contributed by atoms with E-state index in [0.717, 1.165) is 0 Å². The molecule has 0 amide bonds. The molecule has 0 radical (unpaired) electrons. The third-order valence-corrected chi connectivity index (χ3v) is 1.76. The second-order valence-electron chi connectivity index (χ2n) is 2.88. The Labute approximate surface area is 79.9 Å². The van der Waals surface area contributed by atoms with E-state index in [1.54, 1.807) is 0 Å². The molecule has 5 nitrogen and oxygen atoms in total. The largest absolute Gasteiger partial charge is 0.504 e. The highest BCUT2D eigenvalue weighted by molar-refractivity contribution is 5.67. The van der Waals surface area contributed by atoms with Gasteiger partial charge in [-0.1, -0.05) is 0 Å². The Morgan fingerprint density at radius 2 is 1.64 bits per heavy atom. The van der Waals surface area contributed by atoms with E-state index in [0.29, 0.717) is 5.56 Å². The van der Waals surface area contributed by atoms with Gasteiger partial charge in [-0.15, -0.1) is 0 Å². The fourth-order valence-electron chi connectivity index (χ4n) is 1.06. The Balaban J connectivity index is 2.84. The highest BCUT2D eigenvalue weighted by atomic mass is 16.4. The number of aromatic hydroxyl groups is 3. The lowest BCUT2D eigenvalue weighted by molar-refractivity contribution is -0.136. The van der Waals surface area contributed by atoms with Gasteiger partial charge in [0.1, 0.15) is 0 Å². The minimum atomic E-state index is -0.961. The molecule has 0 aliphatic heterocycles. The summed E-state index contributed by atoms with van der Waals surface area (Å²) in [4.78, 5) is 10.2. The number of carboxylic acids is 1. The maximum atomic E-state index is 10.2. The first-order valence-electron chi connectivity index (χ1n) is 3.96. The van der Waals surface area contributed by atoms with Crippen LogP contribution in [0.4, 0.5) is 0 Å². The van der Waals surface area contributed by atoms with E-state index < -0.39 is 23.2 Å². The van der Waals surface area contributed by atoms with Gasteiger partial charge in [0.25, 0.3) is 0 Å². The number of aryl methyl sites for hydroxylation is 1. The molecule has 0 saturated heterocycles. The lowest BCUT2D eigenvalue weighted by atomic mass is 10.1. The van der Waals surface area contributed by atoms with Crippen molar-refractivity contribution in [2.75, 3.05) is 0 Å². The number of rotatable bonds is 3. The van der Waals surface area contributed by atoms with Crippen LogP contribution in [-0.4, -0.2) is 26.4 Å². The SMILES string of the molecule is O=C(O)CCc1cc(O)c(O)c(O)c1. The summed E-state index contributed by atoms with van der Waals surface area (Å²) in [6.07, 6.45) is 0.0976. The monoisotopic (exact) mass is 198 g/mol. The quantitative estimate of drug-likeness (QED) is 0.539. The number of phenolic OH excluding ortho intramolecular Hbond substituents is 3. The highest BCUT2D eigenvalue weighted by Gasteiger charge is 2.08. The predicted molar refractivity (Wildman–Crippen MR) is 47.4 cm³/mol. The van der Waals surface area contributed by atoms with Gasteiger partial charge < -0.3 is 20.4 Å². The fourth-order valence-corrected chi connectivity index (χ4v) is 1.06. The van der Waals surface area contributed by atoms with Crippen LogP contribution in [0.2, 0.25) is 0 Å². The molecule has 4 N–H and O–H groups in total. The summed E-state index contributed by atoms with van der Waals surface area (Å²) in [5.41, 5.74) is 0.459. The number of carboxylic acid groups (broad SMARTS) is 1. The fraction of sp³-hybridized carbons (Fsp3) is 0.222. The third-order valence-electron chi connectivity index (χ3n) is 1.76. The van der Waals surface area contributed by atoms with E-state index in [1.807, 2.05) is 0 Å². The molecule has 0 unspecified atom stereocenters. The van der Waals surface area contributed by atoms with E-state index in [9.17, 15) is 4.79 Å². The first-order chi connectivity index (χ1) is 6.50. The van der Waals surface area contributed by atoms with Gasteiger partial charge in [-0.25, -0.2) is 0 Å². The average Bonchev–Trinajstić information content (AvgIpc) is 2.10. The summed E-state index contributed by atoms with van der Waals surface area (Å²) >= 11 is 0. The molecule has 1 aromatic carbocycles. The van der Waals surface area contributed by atoms with E-state index in [1.165, 1.54) is 12.1 Å². The Kier molecular flexibility index (Phi) is 2.81. The topological polar surface area (TPSA) is 98.0 Å². The average molecular weight is 198 g/mol. The van der Waals surface area contributed by atoms with Crippen LogP contribution < -0.4 is 0 Å². The Morgan fingerprint density at radius 3 is 2.07 bits per heavy atom. The van der Waals surface area contributed by atoms with Crippen molar-refractivity contribution < 1.29 is 25.2 Å². The molecule has 0 bridgehead atoms. The van der Waals surface area contributed by atoms with E-state index in [2.05, 4.69) is 0 Å². The molecule has 14 heavy (non-hydrogen) atoms. The van der Waals surface area contributed by atoms with Crippen molar-refractivity contribution in [1.29, 1.82) is 0 Å². The summed E-state index contributed by atoms with van der Waals surface area (Å²) in [7, 11) is 0. The summed E-state index contributed by atoms with van der Waals surface area (Å²) in [5, 5.41) is 35.6. The van der Waals surface area contributed by atoms with Crippen molar-refractivity contribution in [1.82, 2.24) is 0 Å². The van der Waals surface area contributed by atoms with E-state index in [-0.39, 0.29) is 12.8 Å². The minimum absolute atomic E-state index is 0.0936. The van der Waals surface area contributed by atoms with Crippen LogP contribution >= 0.6 is 0 Å². The lowest BCUT2D eigenvalue weighted by Gasteiger charge is -2.04. The van der Waals surface area contributed by atoms with Crippen LogP contribution in [-0.2, 0) is 11.2 Å². The van der Waals surface area contributed by atoms with Crippen molar-refractivity contribution in [3.63, 3.8) is 0 Å². The second kappa shape index (κ2) is 3.87. The summed E-state index contributed by atoms with van der Waals surface area (Å²) in [5.74, 6) is -2.46. The molecule has 1 aromatic rings. The van der Waals surface area contributed by atoms with Crippen LogP contribution in [0.5, 0.6) is 17.2 Å². The van der Waals surface area contributed by atoms with Gasteiger partial charge >= 0.3 is 5.97 Å². The van der Waals surface area contributed by atoms with Gasteiger partial charge in [-0.2, -0.15) is 0 Å². The molecule has 1 rings (SSSR count).